The van der Waals surface area contributed by atoms with Gasteiger partial charge in [-0.15, -0.1) is 0 Å². The Morgan fingerprint density at radius 1 is 1.17 bits per heavy atom. The molecule has 18 heavy (non-hydrogen) atoms. The fourth-order valence-electron chi connectivity index (χ4n) is 1.43. The summed E-state index contributed by atoms with van der Waals surface area (Å²) in [5.41, 5.74) is 5.57. The summed E-state index contributed by atoms with van der Waals surface area (Å²) >= 11 is 3.30. The SMILES string of the molecule is NC(=O)c1ccc(Br)cc1Oc1ccc(O)cc1. The number of amides is 1. The van der Waals surface area contributed by atoms with E-state index in [1.807, 2.05) is 0 Å². The topological polar surface area (TPSA) is 72.6 Å². The van der Waals surface area contributed by atoms with Gasteiger partial charge in [0.25, 0.3) is 5.91 Å². The Morgan fingerprint density at radius 3 is 2.44 bits per heavy atom. The quantitative estimate of drug-likeness (QED) is 0.915. The summed E-state index contributed by atoms with van der Waals surface area (Å²) in [6.07, 6.45) is 0. The lowest BCUT2D eigenvalue weighted by Gasteiger charge is -2.09. The van der Waals surface area contributed by atoms with Crippen molar-refractivity contribution < 1.29 is 14.6 Å². The van der Waals surface area contributed by atoms with Crippen LogP contribution in [0.3, 0.4) is 0 Å². The van der Waals surface area contributed by atoms with Crippen LogP contribution < -0.4 is 10.5 Å². The number of aromatic hydroxyl groups is 1. The van der Waals surface area contributed by atoms with Crippen LogP contribution in [0.25, 0.3) is 0 Å². The van der Waals surface area contributed by atoms with Gasteiger partial charge in [0.05, 0.1) is 5.56 Å². The third-order valence-corrected chi connectivity index (χ3v) is 2.77. The van der Waals surface area contributed by atoms with Gasteiger partial charge in [0.2, 0.25) is 0 Å². The van der Waals surface area contributed by atoms with Crippen LogP contribution in [0, 0.1) is 0 Å². The minimum atomic E-state index is -0.559. The molecular weight excluding hydrogens is 298 g/mol. The monoisotopic (exact) mass is 307 g/mol. The Kier molecular flexibility index (Phi) is 3.53. The average molecular weight is 308 g/mol. The van der Waals surface area contributed by atoms with Crippen LogP contribution >= 0.6 is 15.9 Å². The first-order valence-corrected chi connectivity index (χ1v) is 5.92. The van der Waals surface area contributed by atoms with Crippen LogP contribution in [-0.4, -0.2) is 11.0 Å². The maximum atomic E-state index is 11.3. The van der Waals surface area contributed by atoms with Gasteiger partial charge in [-0.25, -0.2) is 0 Å². The zero-order chi connectivity index (χ0) is 13.1. The molecule has 0 atom stereocenters. The molecule has 0 aromatic heterocycles. The lowest BCUT2D eigenvalue weighted by molar-refractivity contribution is 0.0998. The Labute approximate surface area is 112 Å². The highest BCUT2D eigenvalue weighted by Gasteiger charge is 2.10. The molecule has 3 N–H and O–H groups in total. The fraction of sp³-hybridized carbons (Fsp3) is 0. The number of carbonyl (C=O) groups excluding carboxylic acids is 1. The molecule has 0 bridgehead atoms. The number of phenolic OH excluding ortho intramolecular Hbond substituents is 1. The van der Waals surface area contributed by atoms with Crippen molar-refractivity contribution in [1.29, 1.82) is 0 Å². The standard InChI is InChI=1S/C13H10BrNO3/c14-8-1-6-11(13(15)17)12(7-8)18-10-4-2-9(16)3-5-10/h1-7,16H,(H2,15,17). The molecule has 0 unspecified atom stereocenters. The molecule has 0 saturated carbocycles. The largest absolute Gasteiger partial charge is 0.508 e. The van der Waals surface area contributed by atoms with Crippen molar-refractivity contribution in [1.82, 2.24) is 0 Å². The zero-order valence-corrected chi connectivity index (χ0v) is 10.8. The molecule has 2 aromatic carbocycles. The Balaban J connectivity index is 2.35. The Hall–Kier alpha value is -2.01. The molecule has 0 heterocycles. The molecule has 0 spiro atoms. The molecule has 0 saturated heterocycles. The summed E-state index contributed by atoms with van der Waals surface area (Å²) in [5.74, 6) is 0.457. The first kappa shape index (κ1) is 12.4. The maximum Gasteiger partial charge on any atom is 0.252 e. The van der Waals surface area contributed by atoms with Gasteiger partial charge in [-0.05, 0) is 42.5 Å². The molecule has 0 aliphatic heterocycles. The van der Waals surface area contributed by atoms with Gasteiger partial charge >= 0.3 is 0 Å². The summed E-state index contributed by atoms with van der Waals surface area (Å²) in [5, 5.41) is 9.17. The van der Waals surface area contributed by atoms with E-state index in [1.54, 1.807) is 30.3 Å². The highest BCUT2D eigenvalue weighted by molar-refractivity contribution is 9.10. The van der Waals surface area contributed by atoms with E-state index >= 15 is 0 Å². The van der Waals surface area contributed by atoms with Gasteiger partial charge in [-0.1, -0.05) is 15.9 Å². The van der Waals surface area contributed by atoms with Crippen LogP contribution in [0.2, 0.25) is 0 Å². The predicted molar refractivity (Wildman–Crippen MR) is 70.8 cm³/mol. The number of carbonyl (C=O) groups is 1. The average Bonchev–Trinajstić information content (AvgIpc) is 2.32. The highest BCUT2D eigenvalue weighted by atomic mass is 79.9. The number of hydrogen-bond donors (Lipinski definition) is 2. The van der Waals surface area contributed by atoms with E-state index < -0.39 is 5.91 Å². The smallest absolute Gasteiger partial charge is 0.252 e. The van der Waals surface area contributed by atoms with Crippen LogP contribution in [-0.2, 0) is 0 Å². The normalized spacial score (nSPS) is 10.1. The van der Waals surface area contributed by atoms with Gasteiger partial charge in [0, 0.05) is 4.47 Å². The van der Waals surface area contributed by atoms with Gasteiger partial charge < -0.3 is 15.6 Å². The number of phenols is 1. The Bertz CT molecular complexity index is 581. The predicted octanol–water partition coefficient (Wildman–Crippen LogP) is 3.05. The van der Waals surface area contributed by atoms with Crippen molar-refractivity contribution in [2.24, 2.45) is 5.73 Å². The number of halogens is 1. The first-order chi connectivity index (χ1) is 8.56. The van der Waals surface area contributed by atoms with Crippen molar-refractivity contribution >= 4 is 21.8 Å². The molecule has 1 amide bonds. The van der Waals surface area contributed by atoms with Gasteiger partial charge in [-0.2, -0.15) is 0 Å². The molecule has 0 aliphatic carbocycles. The molecule has 92 valence electrons. The fourth-order valence-corrected chi connectivity index (χ4v) is 1.77. The van der Waals surface area contributed by atoms with Crippen molar-refractivity contribution in [3.63, 3.8) is 0 Å². The molecule has 4 nitrogen and oxygen atoms in total. The summed E-state index contributed by atoms with van der Waals surface area (Å²) in [6.45, 7) is 0. The van der Waals surface area contributed by atoms with E-state index in [0.29, 0.717) is 17.1 Å². The zero-order valence-electron chi connectivity index (χ0n) is 9.26. The number of hydrogen-bond acceptors (Lipinski definition) is 3. The third-order valence-electron chi connectivity index (χ3n) is 2.27. The summed E-state index contributed by atoms with van der Waals surface area (Å²) < 4.78 is 6.34. The van der Waals surface area contributed by atoms with Gasteiger partial charge in [0.15, 0.2) is 0 Å². The molecule has 0 fully saturated rings. The molecule has 2 aromatic rings. The van der Waals surface area contributed by atoms with Crippen LogP contribution in [0.5, 0.6) is 17.2 Å². The first-order valence-electron chi connectivity index (χ1n) is 5.12. The van der Waals surface area contributed by atoms with E-state index in [0.717, 1.165) is 4.47 Å². The minimum Gasteiger partial charge on any atom is -0.508 e. The second-order valence-corrected chi connectivity index (χ2v) is 4.52. The second kappa shape index (κ2) is 5.10. The van der Waals surface area contributed by atoms with Crippen molar-refractivity contribution in [3.05, 3.63) is 52.5 Å². The molecule has 0 radical (unpaired) electrons. The number of benzene rings is 2. The summed E-state index contributed by atoms with van der Waals surface area (Å²) in [4.78, 5) is 11.3. The third kappa shape index (κ3) is 2.81. The number of primary amides is 1. The highest BCUT2D eigenvalue weighted by Crippen LogP contribution is 2.29. The second-order valence-electron chi connectivity index (χ2n) is 3.60. The van der Waals surface area contributed by atoms with Crippen LogP contribution in [0.1, 0.15) is 10.4 Å². The Morgan fingerprint density at radius 2 is 1.83 bits per heavy atom. The lowest BCUT2D eigenvalue weighted by atomic mass is 10.2. The molecule has 5 heteroatoms. The number of ether oxygens (including phenoxy) is 1. The van der Waals surface area contributed by atoms with Gasteiger partial charge in [-0.3, -0.25) is 4.79 Å². The van der Waals surface area contributed by atoms with Gasteiger partial charge in [0.1, 0.15) is 17.2 Å². The maximum absolute atomic E-state index is 11.3. The van der Waals surface area contributed by atoms with E-state index in [-0.39, 0.29) is 5.75 Å². The minimum absolute atomic E-state index is 0.145. The van der Waals surface area contributed by atoms with Crippen molar-refractivity contribution in [3.8, 4) is 17.2 Å². The van der Waals surface area contributed by atoms with Crippen LogP contribution in [0.4, 0.5) is 0 Å². The molecular formula is C13H10BrNO3. The van der Waals surface area contributed by atoms with Crippen molar-refractivity contribution in [2.75, 3.05) is 0 Å². The van der Waals surface area contributed by atoms with E-state index in [9.17, 15) is 9.90 Å². The van der Waals surface area contributed by atoms with E-state index in [4.69, 9.17) is 10.5 Å². The van der Waals surface area contributed by atoms with Crippen molar-refractivity contribution in [2.45, 2.75) is 0 Å². The summed E-state index contributed by atoms with van der Waals surface area (Å²) in [6, 6.07) is 11.1. The summed E-state index contributed by atoms with van der Waals surface area (Å²) in [7, 11) is 0. The van der Waals surface area contributed by atoms with E-state index in [2.05, 4.69) is 15.9 Å². The van der Waals surface area contributed by atoms with Crippen LogP contribution in [0.15, 0.2) is 46.9 Å². The molecule has 2 rings (SSSR count). The number of rotatable bonds is 3. The lowest BCUT2D eigenvalue weighted by Crippen LogP contribution is -2.12. The molecule has 0 aliphatic rings. The number of nitrogens with two attached hydrogens (primary N) is 1. The van der Waals surface area contributed by atoms with E-state index in [1.165, 1.54) is 12.1 Å².